The minimum absolute atomic E-state index is 0.167. The zero-order chi connectivity index (χ0) is 14.4. The Bertz CT molecular complexity index is 582. The molecule has 0 saturated heterocycles. The Kier molecular flexibility index (Phi) is 4.71. The highest BCUT2D eigenvalue weighted by Crippen LogP contribution is 2.20. The van der Waals surface area contributed by atoms with Crippen molar-refractivity contribution < 1.29 is 9.53 Å². The number of aryl methyl sites for hydroxylation is 1. The molecule has 0 fully saturated rings. The Balaban J connectivity index is 2.02. The van der Waals surface area contributed by atoms with Gasteiger partial charge in [-0.25, -0.2) is 0 Å². The highest BCUT2D eigenvalue weighted by atomic mass is 16.5. The summed E-state index contributed by atoms with van der Waals surface area (Å²) in [6.07, 6.45) is 2.50. The lowest BCUT2D eigenvalue weighted by Gasteiger charge is -2.10. The number of pyridine rings is 1. The van der Waals surface area contributed by atoms with Crippen LogP contribution in [0, 0.1) is 0 Å². The number of nitrogens with one attached hydrogen (secondary N) is 1. The van der Waals surface area contributed by atoms with Crippen LogP contribution in [-0.2, 0) is 13.0 Å². The number of methoxy groups -OCH3 is 1. The number of benzene rings is 1. The van der Waals surface area contributed by atoms with Gasteiger partial charge >= 0.3 is 0 Å². The number of rotatable bonds is 5. The number of hydrogen-bond acceptors (Lipinski definition) is 3. The molecule has 0 atom stereocenters. The maximum Gasteiger partial charge on any atom is 0.270 e. The first-order valence-electron chi connectivity index (χ1n) is 6.59. The molecule has 0 unspecified atom stereocenters. The molecule has 1 aromatic carbocycles. The second-order valence-corrected chi connectivity index (χ2v) is 4.40. The molecule has 4 nitrogen and oxygen atoms in total. The molecule has 2 rings (SSSR count). The fourth-order valence-electron chi connectivity index (χ4n) is 1.99. The van der Waals surface area contributed by atoms with Crippen molar-refractivity contribution in [3.05, 3.63) is 59.4 Å². The van der Waals surface area contributed by atoms with Gasteiger partial charge in [-0.2, -0.15) is 0 Å². The number of nitrogens with zero attached hydrogens (tertiary/aromatic N) is 1. The maximum atomic E-state index is 11.9. The quantitative estimate of drug-likeness (QED) is 0.908. The summed E-state index contributed by atoms with van der Waals surface area (Å²) in [7, 11) is 1.66. The second-order valence-electron chi connectivity index (χ2n) is 4.40. The van der Waals surface area contributed by atoms with Crippen molar-refractivity contribution in [1.29, 1.82) is 0 Å². The molecule has 0 aliphatic rings. The van der Waals surface area contributed by atoms with Crippen molar-refractivity contribution in [1.82, 2.24) is 10.3 Å². The average Bonchev–Trinajstić information content (AvgIpc) is 2.53. The number of carbonyl (C=O) groups excluding carboxylic acids is 1. The van der Waals surface area contributed by atoms with E-state index in [9.17, 15) is 4.79 Å². The summed E-state index contributed by atoms with van der Waals surface area (Å²) < 4.78 is 5.29. The third-order valence-corrected chi connectivity index (χ3v) is 3.08. The van der Waals surface area contributed by atoms with Gasteiger partial charge in [0.15, 0.2) is 0 Å². The van der Waals surface area contributed by atoms with Gasteiger partial charge in [0.1, 0.15) is 11.4 Å². The Morgan fingerprint density at radius 1 is 1.30 bits per heavy atom. The molecule has 0 aliphatic carbocycles. The first kappa shape index (κ1) is 14.1. The molecule has 0 radical (unpaired) electrons. The zero-order valence-corrected chi connectivity index (χ0v) is 11.7. The molecule has 20 heavy (non-hydrogen) atoms. The smallest absolute Gasteiger partial charge is 0.270 e. The summed E-state index contributed by atoms with van der Waals surface area (Å²) in [6, 6.07) is 11.2. The number of amides is 1. The Hall–Kier alpha value is -2.36. The van der Waals surface area contributed by atoms with Crippen LogP contribution in [0.15, 0.2) is 42.6 Å². The SMILES string of the molecule is CCc1cc(CNC(=O)c2ccccn2)ccc1OC. The van der Waals surface area contributed by atoms with E-state index in [1.807, 2.05) is 12.1 Å². The van der Waals surface area contributed by atoms with Crippen LogP contribution in [0.5, 0.6) is 5.75 Å². The zero-order valence-electron chi connectivity index (χ0n) is 11.7. The summed E-state index contributed by atoms with van der Waals surface area (Å²) in [5.74, 6) is 0.715. The maximum absolute atomic E-state index is 11.9. The molecular formula is C16H18N2O2. The van der Waals surface area contributed by atoms with E-state index in [0.29, 0.717) is 12.2 Å². The molecule has 0 aliphatic heterocycles. The highest BCUT2D eigenvalue weighted by molar-refractivity contribution is 5.92. The fourth-order valence-corrected chi connectivity index (χ4v) is 1.99. The van der Waals surface area contributed by atoms with Gasteiger partial charge in [0.05, 0.1) is 7.11 Å². The van der Waals surface area contributed by atoms with Gasteiger partial charge in [0.25, 0.3) is 5.91 Å². The second kappa shape index (κ2) is 6.70. The van der Waals surface area contributed by atoms with E-state index >= 15 is 0 Å². The molecule has 0 saturated carbocycles. The molecule has 1 N–H and O–H groups in total. The van der Waals surface area contributed by atoms with Crippen LogP contribution < -0.4 is 10.1 Å². The van der Waals surface area contributed by atoms with Crippen LogP contribution in [0.1, 0.15) is 28.5 Å². The first-order chi connectivity index (χ1) is 9.74. The highest BCUT2D eigenvalue weighted by Gasteiger charge is 2.07. The molecule has 1 heterocycles. The van der Waals surface area contributed by atoms with Crippen LogP contribution in [0.25, 0.3) is 0 Å². The van der Waals surface area contributed by atoms with Crippen LogP contribution in [0.2, 0.25) is 0 Å². The van der Waals surface area contributed by atoms with Crippen molar-refractivity contribution >= 4 is 5.91 Å². The van der Waals surface area contributed by atoms with Crippen molar-refractivity contribution in [2.24, 2.45) is 0 Å². The van der Waals surface area contributed by atoms with Crippen molar-refractivity contribution in [3.8, 4) is 5.75 Å². The summed E-state index contributed by atoms with van der Waals surface area (Å²) in [6.45, 7) is 2.56. The lowest BCUT2D eigenvalue weighted by atomic mass is 10.1. The normalized spacial score (nSPS) is 10.1. The third-order valence-electron chi connectivity index (χ3n) is 3.08. The average molecular weight is 270 g/mol. The van der Waals surface area contributed by atoms with Crippen LogP contribution in [0.4, 0.5) is 0 Å². The first-order valence-corrected chi connectivity index (χ1v) is 6.59. The summed E-state index contributed by atoms with van der Waals surface area (Å²) in [4.78, 5) is 15.9. The van der Waals surface area contributed by atoms with Crippen LogP contribution >= 0.6 is 0 Å². The van der Waals surface area contributed by atoms with Gasteiger partial charge in [-0.3, -0.25) is 9.78 Å². The van der Waals surface area contributed by atoms with E-state index in [0.717, 1.165) is 23.3 Å². The van der Waals surface area contributed by atoms with E-state index in [1.165, 1.54) is 0 Å². The van der Waals surface area contributed by atoms with Gasteiger partial charge in [-0.05, 0) is 35.7 Å². The lowest BCUT2D eigenvalue weighted by molar-refractivity contribution is 0.0946. The van der Waals surface area contributed by atoms with Crippen molar-refractivity contribution in [2.45, 2.75) is 19.9 Å². The third kappa shape index (κ3) is 3.35. The van der Waals surface area contributed by atoms with E-state index < -0.39 is 0 Å². The van der Waals surface area contributed by atoms with Gasteiger partial charge in [0.2, 0.25) is 0 Å². The number of hydrogen-bond donors (Lipinski definition) is 1. The molecule has 1 aromatic heterocycles. The lowest BCUT2D eigenvalue weighted by Crippen LogP contribution is -2.23. The molecule has 1 amide bonds. The van der Waals surface area contributed by atoms with E-state index in [1.54, 1.807) is 31.5 Å². The van der Waals surface area contributed by atoms with Crippen LogP contribution in [0.3, 0.4) is 0 Å². The van der Waals surface area contributed by atoms with Gasteiger partial charge < -0.3 is 10.1 Å². The Morgan fingerprint density at radius 2 is 2.15 bits per heavy atom. The van der Waals surface area contributed by atoms with E-state index in [-0.39, 0.29) is 5.91 Å². The Labute approximate surface area is 118 Å². The van der Waals surface area contributed by atoms with Crippen molar-refractivity contribution in [3.63, 3.8) is 0 Å². The number of ether oxygens (including phenoxy) is 1. The van der Waals surface area contributed by atoms with Gasteiger partial charge in [-0.15, -0.1) is 0 Å². The molecule has 4 heteroatoms. The molecular weight excluding hydrogens is 252 g/mol. The predicted molar refractivity (Wildman–Crippen MR) is 77.8 cm³/mol. The summed E-state index contributed by atoms with van der Waals surface area (Å²) in [5.41, 5.74) is 2.61. The monoisotopic (exact) mass is 270 g/mol. The Morgan fingerprint density at radius 3 is 2.80 bits per heavy atom. The molecule has 0 bridgehead atoms. The molecule has 2 aromatic rings. The minimum atomic E-state index is -0.167. The van der Waals surface area contributed by atoms with E-state index in [2.05, 4.69) is 23.3 Å². The topological polar surface area (TPSA) is 51.2 Å². The minimum Gasteiger partial charge on any atom is -0.496 e. The van der Waals surface area contributed by atoms with E-state index in [4.69, 9.17) is 4.74 Å². The largest absolute Gasteiger partial charge is 0.496 e. The molecule has 0 spiro atoms. The fraction of sp³-hybridized carbons (Fsp3) is 0.250. The van der Waals surface area contributed by atoms with Gasteiger partial charge in [0, 0.05) is 12.7 Å². The number of carbonyl (C=O) groups is 1. The predicted octanol–water partition coefficient (Wildman–Crippen LogP) is 2.58. The van der Waals surface area contributed by atoms with Gasteiger partial charge in [-0.1, -0.05) is 25.1 Å². The van der Waals surface area contributed by atoms with Crippen molar-refractivity contribution in [2.75, 3.05) is 7.11 Å². The van der Waals surface area contributed by atoms with Crippen LogP contribution in [-0.4, -0.2) is 18.0 Å². The standard InChI is InChI=1S/C16H18N2O2/c1-3-13-10-12(7-8-15(13)20-2)11-18-16(19)14-6-4-5-9-17-14/h4-10H,3,11H2,1-2H3,(H,18,19). The summed E-state index contributed by atoms with van der Waals surface area (Å²) >= 11 is 0. The summed E-state index contributed by atoms with van der Waals surface area (Å²) in [5, 5.41) is 2.86. The molecule has 104 valence electrons. The number of aromatic nitrogens is 1.